The molecule has 1 heterocycles. The Kier molecular flexibility index (Phi) is 5.41. The van der Waals surface area contributed by atoms with Crippen LogP contribution < -0.4 is 14.4 Å². The van der Waals surface area contributed by atoms with Crippen LogP contribution in [0, 0.1) is 17.0 Å². The predicted octanol–water partition coefficient (Wildman–Crippen LogP) is 2.84. The summed E-state index contributed by atoms with van der Waals surface area (Å²) in [6.45, 7) is 6.15. The Hall–Kier alpha value is -3.03. The molecule has 0 bridgehead atoms. The maximum Gasteiger partial charge on any atom is 0.365 e. The van der Waals surface area contributed by atoms with Crippen molar-refractivity contribution in [3.63, 3.8) is 0 Å². The van der Waals surface area contributed by atoms with E-state index in [1.807, 2.05) is 12.1 Å². The zero-order chi connectivity index (χ0) is 17.7. The van der Waals surface area contributed by atoms with E-state index >= 15 is 0 Å². The first-order valence-corrected chi connectivity index (χ1v) is 7.28. The van der Waals surface area contributed by atoms with Crippen LogP contribution >= 0.6 is 0 Å². The lowest BCUT2D eigenvalue weighted by Crippen LogP contribution is -2.24. The minimum Gasteiger partial charge on any atom is -0.493 e. The van der Waals surface area contributed by atoms with E-state index in [-0.39, 0.29) is 11.6 Å². The van der Waals surface area contributed by atoms with Crippen LogP contribution in [0.25, 0.3) is 0 Å². The Labute approximate surface area is 139 Å². The fourth-order valence-corrected chi connectivity index (χ4v) is 2.48. The Morgan fingerprint density at radius 2 is 2.17 bits per heavy atom. The molecule has 0 atom stereocenters. The van der Waals surface area contributed by atoms with E-state index in [1.165, 1.54) is 0 Å². The normalized spacial score (nSPS) is 10.3. The number of ether oxygens (including phenoxy) is 2. The van der Waals surface area contributed by atoms with Crippen molar-refractivity contribution in [2.45, 2.75) is 13.5 Å². The average molecular weight is 332 g/mol. The molecule has 2 aromatic rings. The summed E-state index contributed by atoms with van der Waals surface area (Å²) in [6, 6.07) is 5.51. The van der Waals surface area contributed by atoms with Gasteiger partial charge in [0.2, 0.25) is 5.82 Å². The van der Waals surface area contributed by atoms with Crippen LogP contribution in [0.4, 0.5) is 11.6 Å². The van der Waals surface area contributed by atoms with Crippen LogP contribution in [0.5, 0.6) is 11.5 Å². The number of hydrogen-bond donors (Lipinski definition) is 1. The standard InChI is InChI=1S/C16H20N4O4/c1-5-9-19(15-16(20(21)22)18-11(2)17-15)10-12-7-6-8-13(23-3)14(12)24-4/h5-8H,1,9-10H2,2-4H3,(H,17,18). The number of hydrogen-bond acceptors (Lipinski definition) is 6. The third-order valence-corrected chi connectivity index (χ3v) is 3.46. The van der Waals surface area contributed by atoms with Gasteiger partial charge >= 0.3 is 5.82 Å². The van der Waals surface area contributed by atoms with E-state index in [2.05, 4.69) is 16.5 Å². The van der Waals surface area contributed by atoms with E-state index in [0.717, 1.165) is 5.56 Å². The van der Waals surface area contributed by atoms with E-state index in [4.69, 9.17) is 9.47 Å². The lowest BCUT2D eigenvalue weighted by molar-refractivity contribution is -0.388. The molecule has 0 aliphatic heterocycles. The van der Waals surface area contributed by atoms with Crippen molar-refractivity contribution in [1.29, 1.82) is 0 Å². The van der Waals surface area contributed by atoms with E-state index in [1.54, 1.807) is 38.2 Å². The van der Waals surface area contributed by atoms with Gasteiger partial charge < -0.3 is 24.5 Å². The molecule has 1 N–H and O–H groups in total. The molecule has 24 heavy (non-hydrogen) atoms. The molecule has 0 radical (unpaired) electrons. The molecule has 0 saturated carbocycles. The second-order valence-corrected chi connectivity index (χ2v) is 5.07. The Morgan fingerprint density at radius 1 is 1.42 bits per heavy atom. The van der Waals surface area contributed by atoms with Gasteiger partial charge in [0.25, 0.3) is 0 Å². The number of para-hydroxylation sites is 1. The second kappa shape index (κ2) is 7.49. The third kappa shape index (κ3) is 3.48. The number of H-pyrrole nitrogens is 1. The topological polar surface area (TPSA) is 93.5 Å². The van der Waals surface area contributed by atoms with Crippen LogP contribution in [0.2, 0.25) is 0 Å². The highest BCUT2D eigenvalue weighted by atomic mass is 16.6. The summed E-state index contributed by atoms with van der Waals surface area (Å²) in [6.07, 6.45) is 1.67. The number of nitrogens with one attached hydrogen (secondary N) is 1. The molecule has 8 nitrogen and oxygen atoms in total. The lowest BCUT2D eigenvalue weighted by atomic mass is 10.1. The molecule has 8 heteroatoms. The number of nitrogens with zero attached hydrogens (tertiary/aromatic N) is 3. The average Bonchev–Trinajstić information content (AvgIpc) is 2.96. The zero-order valence-corrected chi connectivity index (χ0v) is 13.9. The fourth-order valence-electron chi connectivity index (χ4n) is 2.48. The Balaban J connectivity index is 2.44. The Morgan fingerprint density at radius 3 is 2.75 bits per heavy atom. The summed E-state index contributed by atoms with van der Waals surface area (Å²) in [5.74, 6) is 1.78. The van der Waals surface area contributed by atoms with Crippen LogP contribution in [0.3, 0.4) is 0 Å². The summed E-state index contributed by atoms with van der Waals surface area (Å²) < 4.78 is 10.7. The minimum absolute atomic E-state index is 0.142. The molecule has 0 aliphatic carbocycles. The molecular formula is C16H20N4O4. The molecule has 0 saturated heterocycles. The van der Waals surface area contributed by atoms with Crippen molar-refractivity contribution in [2.24, 2.45) is 0 Å². The third-order valence-electron chi connectivity index (χ3n) is 3.46. The molecular weight excluding hydrogens is 312 g/mol. The summed E-state index contributed by atoms with van der Waals surface area (Å²) in [4.78, 5) is 19.5. The van der Waals surface area contributed by atoms with Gasteiger partial charge in [-0.2, -0.15) is 4.98 Å². The molecule has 2 rings (SSSR count). The summed E-state index contributed by atoms with van der Waals surface area (Å²) in [5.41, 5.74) is 0.827. The molecule has 1 aromatic heterocycles. The van der Waals surface area contributed by atoms with Gasteiger partial charge in [0, 0.05) is 25.6 Å². The first-order valence-electron chi connectivity index (χ1n) is 7.28. The van der Waals surface area contributed by atoms with Gasteiger partial charge in [-0.25, -0.2) is 4.98 Å². The quantitative estimate of drug-likeness (QED) is 0.454. The first kappa shape index (κ1) is 17.3. The molecule has 0 fully saturated rings. The maximum absolute atomic E-state index is 11.3. The van der Waals surface area contributed by atoms with E-state index in [9.17, 15) is 10.1 Å². The molecule has 0 spiro atoms. The number of benzene rings is 1. The van der Waals surface area contributed by atoms with Crippen LogP contribution in [-0.4, -0.2) is 35.7 Å². The number of rotatable bonds is 8. The SMILES string of the molecule is C=CCN(Cc1cccc(OC)c1OC)c1nc(C)[nH]c1[N+](=O)[O-]. The van der Waals surface area contributed by atoms with Gasteiger partial charge in [-0.1, -0.05) is 18.2 Å². The summed E-state index contributed by atoms with van der Waals surface area (Å²) in [5, 5.41) is 11.3. The van der Waals surface area contributed by atoms with Crippen molar-refractivity contribution in [3.8, 4) is 11.5 Å². The number of methoxy groups -OCH3 is 2. The summed E-state index contributed by atoms with van der Waals surface area (Å²) >= 11 is 0. The van der Waals surface area contributed by atoms with Crippen molar-refractivity contribution in [1.82, 2.24) is 9.97 Å². The number of aromatic nitrogens is 2. The molecule has 0 unspecified atom stereocenters. The maximum atomic E-state index is 11.3. The van der Waals surface area contributed by atoms with Crippen LogP contribution in [-0.2, 0) is 6.54 Å². The van der Waals surface area contributed by atoms with E-state index in [0.29, 0.717) is 30.4 Å². The smallest absolute Gasteiger partial charge is 0.365 e. The van der Waals surface area contributed by atoms with Gasteiger partial charge in [-0.3, -0.25) is 0 Å². The molecule has 0 amide bonds. The molecule has 128 valence electrons. The van der Waals surface area contributed by atoms with Gasteiger partial charge in [0.15, 0.2) is 17.3 Å². The minimum atomic E-state index is -0.478. The van der Waals surface area contributed by atoms with Crippen molar-refractivity contribution < 1.29 is 14.4 Å². The van der Waals surface area contributed by atoms with Crippen molar-refractivity contribution >= 4 is 11.6 Å². The number of nitro groups is 1. The van der Waals surface area contributed by atoms with E-state index < -0.39 is 4.92 Å². The highest BCUT2D eigenvalue weighted by Gasteiger charge is 2.24. The lowest BCUT2D eigenvalue weighted by Gasteiger charge is -2.22. The van der Waals surface area contributed by atoms with Gasteiger partial charge in [0.05, 0.1) is 14.2 Å². The zero-order valence-electron chi connectivity index (χ0n) is 13.9. The predicted molar refractivity (Wildman–Crippen MR) is 90.8 cm³/mol. The highest BCUT2D eigenvalue weighted by molar-refractivity contribution is 5.57. The molecule has 0 aliphatic rings. The number of aryl methyl sites for hydroxylation is 1. The number of anilines is 1. The molecule has 1 aromatic carbocycles. The monoisotopic (exact) mass is 332 g/mol. The fraction of sp³-hybridized carbons (Fsp3) is 0.312. The van der Waals surface area contributed by atoms with Crippen molar-refractivity contribution in [2.75, 3.05) is 25.7 Å². The Bertz CT molecular complexity index is 742. The van der Waals surface area contributed by atoms with Crippen LogP contribution in [0.15, 0.2) is 30.9 Å². The highest BCUT2D eigenvalue weighted by Crippen LogP contribution is 2.33. The van der Waals surface area contributed by atoms with Gasteiger partial charge in [-0.05, 0) is 11.0 Å². The first-order chi connectivity index (χ1) is 11.5. The van der Waals surface area contributed by atoms with Crippen molar-refractivity contribution in [3.05, 3.63) is 52.4 Å². The largest absolute Gasteiger partial charge is 0.493 e. The number of aromatic amines is 1. The van der Waals surface area contributed by atoms with Gasteiger partial charge in [-0.15, -0.1) is 6.58 Å². The second-order valence-electron chi connectivity index (χ2n) is 5.07. The van der Waals surface area contributed by atoms with Gasteiger partial charge in [0.1, 0.15) is 0 Å². The summed E-state index contributed by atoms with van der Waals surface area (Å²) in [7, 11) is 3.12. The number of imidazole rings is 1. The van der Waals surface area contributed by atoms with Crippen LogP contribution in [0.1, 0.15) is 11.4 Å².